The van der Waals surface area contributed by atoms with Gasteiger partial charge in [0, 0.05) is 32.3 Å². The first-order valence-corrected chi connectivity index (χ1v) is 9.82. The van der Waals surface area contributed by atoms with Crippen LogP contribution in [0.5, 0.6) is 0 Å². The van der Waals surface area contributed by atoms with E-state index >= 15 is 0 Å². The molecule has 0 amide bonds. The summed E-state index contributed by atoms with van der Waals surface area (Å²) < 4.78 is 33.2. The quantitative estimate of drug-likeness (QED) is 0.221. The normalized spacial score (nSPS) is 12.4. The number of ether oxygens (including phenoxy) is 1. The van der Waals surface area contributed by atoms with Gasteiger partial charge in [0.25, 0.3) is 0 Å². The molecule has 1 aromatic rings. The van der Waals surface area contributed by atoms with E-state index < -0.39 is 15.6 Å². The molecule has 0 saturated carbocycles. The highest BCUT2D eigenvalue weighted by atomic mass is 127. The molecule has 150 valence electrons. The van der Waals surface area contributed by atoms with Gasteiger partial charge in [0.2, 0.25) is 10.0 Å². The van der Waals surface area contributed by atoms with Crippen molar-refractivity contribution in [2.75, 3.05) is 26.8 Å². The van der Waals surface area contributed by atoms with E-state index in [1.165, 1.54) is 0 Å². The van der Waals surface area contributed by atoms with Crippen LogP contribution in [0.3, 0.4) is 0 Å². The molecule has 0 atom stereocenters. The molecule has 0 heterocycles. The molecule has 0 aliphatic heterocycles. The van der Waals surface area contributed by atoms with Crippen LogP contribution in [-0.2, 0) is 21.3 Å². The molecular formula is C17H31IN4O3S. The predicted octanol–water partition coefficient (Wildman–Crippen LogP) is 2.08. The fourth-order valence-corrected chi connectivity index (χ4v) is 3.81. The van der Waals surface area contributed by atoms with Crippen molar-refractivity contribution in [3.63, 3.8) is 0 Å². The molecule has 0 aromatic heterocycles. The molecule has 0 saturated heterocycles. The highest BCUT2D eigenvalue weighted by Crippen LogP contribution is 2.17. The van der Waals surface area contributed by atoms with Gasteiger partial charge < -0.3 is 15.4 Å². The number of nitrogens with one attached hydrogen (secondary N) is 3. The maximum absolute atomic E-state index is 12.6. The predicted molar refractivity (Wildman–Crippen MR) is 117 cm³/mol. The first-order chi connectivity index (χ1) is 11.7. The topological polar surface area (TPSA) is 91.8 Å². The van der Waals surface area contributed by atoms with Crippen molar-refractivity contribution >= 4 is 40.0 Å². The molecule has 0 fully saturated rings. The van der Waals surface area contributed by atoms with Gasteiger partial charge in [0.15, 0.2) is 5.96 Å². The zero-order valence-corrected chi connectivity index (χ0v) is 19.3. The average molecular weight is 498 g/mol. The lowest BCUT2D eigenvalue weighted by Gasteiger charge is -2.22. The molecule has 7 nitrogen and oxygen atoms in total. The fourth-order valence-electron chi connectivity index (χ4n) is 2.16. The average Bonchev–Trinajstić information content (AvgIpc) is 2.52. The summed E-state index contributed by atoms with van der Waals surface area (Å²) in [6.07, 6.45) is 0. The van der Waals surface area contributed by atoms with Crippen molar-refractivity contribution in [1.82, 2.24) is 15.4 Å². The van der Waals surface area contributed by atoms with Crippen LogP contribution < -0.4 is 15.4 Å². The van der Waals surface area contributed by atoms with Gasteiger partial charge in [-0.3, -0.25) is 4.99 Å². The minimum Gasteiger partial charge on any atom is -0.380 e. The van der Waals surface area contributed by atoms with Crippen molar-refractivity contribution in [2.24, 2.45) is 4.99 Å². The van der Waals surface area contributed by atoms with Crippen LogP contribution in [0.25, 0.3) is 0 Å². The van der Waals surface area contributed by atoms with Crippen LogP contribution in [0.4, 0.5) is 0 Å². The molecule has 0 unspecified atom stereocenters. The minimum absolute atomic E-state index is 0. The van der Waals surface area contributed by atoms with Crippen LogP contribution in [-0.4, -0.2) is 46.7 Å². The molecular weight excluding hydrogens is 467 g/mol. The number of hydrogen-bond donors (Lipinski definition) is 3. The van der Waals surface area contributed by atoms with E-state index in [9.17, 15) is 8.42 Å². The van der Waals surface area contributed by atoms with Gasteiger partial charge in [0.1, 0.15) is 0 Å². The molecule has 1 rings (SSSR count). The summed E-state index contributed by atoms with van der Waals surface area (Å²) in [7, 11) is -1.93. The second-order valence-corrected chi connectivity index (χ2v) is 8.16. The molecule has 0 spiro atoms. The van der Waals surface area contributed by atoms with E-state index in [-0.39, 0.29) is 28.9 Å². The Kier molecular flexibility index (Phi) is 11.3. The minimum atomic E-state index is -3.60. The summed E-state index contributed by atoms with van der Waals surface area (Å²) in [5.41, 5.74) is 0.128. The van der Waals surface area contributed by atoms with Crippen LogP contribution in [0, 0.1) is 0 Å². The molecule has 3 N–H and O–H groups in total. The van der Waals surface area contributed by atoms with Crippen molar-refractivity contribution < 1.29 is 13.2 Å². The van der Waals surface area contributed by atoms with Gasteiger partial charge in [0.05, 0.1) is 11.5 Å². The van der Waals surface area contributed by atoms with Crippen LogP contribution in [0.2, 0.25) is 0 Å². The number of nitrogens with zero attached hydrogens (tertiary/aromatic N) is 1. The first kappa shape index (κ1) is 25.1. The highest BCUT2D eigenvalue weighted by molar-refractivity contribution is 14.0. The van der Waals surface area contributed by atoms with E-state index in [0.29, 0.717) is 37.8 Å². The van der Waals surface area contributed by atoms with Crippen molar-refractivity contribution in [1.29, 1.82) is 0 Å². The van der Waals surface area contributed by atoms with E-state index in [1.54, 1.807) is 25.2 Å². The Balaban J connectivity index is 0.00000625. The molecule has 0 bridgehead atoms. The van der Waals surface area contributed by atoms with Gasteiger partial charge in [-0.2, -0.15) is 0 Å². The number of benzene rings is 1. The maximum Gasteiger partial charge on any atom is 0.241 e. The maximum atomic E-state index is 12.6. The zero-order chi connectivity index (χ0) is 18.9. The lowest BCUT2D eigenvalue weighted by Crippen LogP contribution is -2.41. The Morgan fingerprint density at radius 2 is 1.85 bits per heavy atom. The van der Waals surface area contributed by atoms with Gasteiger partial charge in [-0.25, -0.2) is 13.1 Å². The van der Waals surface area contributed by atoms with Crippen LogP contribution in [0.1, 0.15) is 33.3 Å². The third-order valence-corrected chi connectivity index (χ3v) is 4.97. The van der Waals surface area contributed by atoms with Crippen molar-refractivity contribution in [3.8, 4) is 0 Å². The summed E-state index contributed by atoms with van der Waals surface area (Å²) in [5, 5.41) is 6.25. The van der Waals surface area contributed by atoms with Gasteiger partial charge in [-0.15, -0.1) is 24.0 Å². The molecule has 26 heavy (non-hydrogen) atoms. The van der Waals surface area contributed by atoms with Crippen molar-refractivity contribution in [3.05, 3.63) is 29.8 Å². The van der Waals surface area contributed by atoms with Crippen LogP contribution in [0.15, 0.2) is 34.2 Å². The lowest BCUT2D eigenvalue weighted by atomic mass is 10.1. The summed E-state index contributed by atoms with van der Waals surface area (Å²) in [4.78, 5) is 4.39. The standard InChI is InChI=1S/C17H30N4O3S.HI/c1-6-24-12-11-19-16(18-5)20-13-14-9-7-8-10-15(14)25(22,23)21-17(2,3)4;/h7-10,21H,6,11-13H2,1-5H3,(H2,18,19,20);1H. The third kappa shape index (κ3) is 9.15. The second-order valence-electron chi connectivity index (χ2n) is 6.51. The number of sulfonamides is 1. The first-order valence-electron chi connectivity index (χ1n) is 8.33. The molecule has 0 aliphatic carbocycles. The number of hydrogen-bond acceptors (Lipinski definition) is 4. The summed E-state index contributed by atoms with van der Waals surface area (Å²) in [6.45, 7) is 9.60. The number of rotatable bonds is 8. The fraction of sp³-hybridized carbons (Fsp3) is 0.588. The molecule has 1 aromatic carbocycles. The van der Waals surface area contributed by atoms with Crippen molar-refractivity contribution in [2.45, 2.75) is 44.7 Å². The van der Waals surface area contributed by atoms with E-state index in [0.717, 1.165) is 0 Å². The summed E-state index contributed by atoms with van der Waals surface area (Å²) in [6, 6.07) is 6.93. The summed E-state index contributed by atoms with van der Waals surface area (Å²) >= 11 is 0. The molecule has 0 radical (unpaired) electrons. The Bertz CT molecular complexity index is 673. The largest absolute Gasteiger partial charge is 0.380 e. The smallest absolute Gasteiger partial charge is 0.241 e. The SMILES string of the molecule is CCOCCNC(=NC)NCc1ccccc1S(=O)(=O)NC(C)(C)C.I. The van der Waals surface area contributed by atoms with Gasteiger partial charge >= 0.3 is 0 Å². The number of halogens is 1. The molecule has 0 aliphatic rings. The number of guanidine groups is 1. The molecule has 9 heteroatoms. The number of aliphatic imine (C=N–C) groups is 1. The van der Waals surface area contributed by atoms with E-state index in [2.05, 4.69) is 20.3 Å². The Labute approximate surface area is 174 Å². The van der Waals surface area contributed by atoms with Crippen LogP contribution >= 0.6 is 24.0 Å². The summed E-state index contributed by atoms with van der Waals surface area (Å²) in [5.74, 6) is 0.593. The Morgan fingerprint density at radius 3 is 2.42 bits per heavy atom. The Morgan fingerprint density at radius 1 is 1.19 bits per heavy atom. The second kappa shape index (κ2) is 11.7. The third-order valence-electron chi connectivity index (χ3n) is 3.12. The lowest BCUT2D eigenvalue weighted by molar-refractivity contribution is 0.152. The zero-order valence-electron chi connectivity index (χ0n) is 16.1. The Hall–Kier alpha value is -0.910. The van der Waals surface area contributed by atoms with E-state index in [4.69, 9.17) is 4.74 Å². The monoisotopic (exact) mass is 498 g/mol. The van der Waals surface area contributed by atoms with E-state index in [1.807, 2.05) is 33.8 Å². The highest BCUT2D eigenvalue weighted by Gasteiger charge is 2.24. The van der Waals surface area contributed by atoms with Gasteiger partial charge in [-0.05, 0) is 39.3 Å². The van der Waals surface area contributed by atoms with Gasteiger partial charge in [-0.1, -0.05) is 18.2 Å².